The predicted molar refractivity (Wildman–Crippen MR) is 73.3 cm³/mol. The maximum absolute atomic E-state index is 12.7. The molecule has 3 unspecified atom stereocenters. The van der Waals surface area contributed by atoms with Crippen LogP contribution in [-0.4, -0.2) is 5.78 Å². The normalized spacial score (nSPS) is 37.2. The number of benzene rings is 1. The molecule has 0 amide bonds. The molecule has 1 aromatic rings. The Morgan fingerprint density at radius 1 is 1.17 bits per heavy atom. The maximum Gasteiger partial charge on any atom is 0.142 e. The van der Waals surface area contributed by atoms with Crippen molar-refractivity contribution in [2.24, 2.45) is 22.7 Å². The predicted octanol–water partition coefficient (Wildman–Crippen LogP) is 3.87. The molecule has 2 saturated carbocycles. The Labute approximate surface area is 110 Å². The number of rotatable bonds is 2. The van der Waals surface area contributed by atoms with Crippen molar-refractivity contribution in [1.82, 2.24) is 0 Å². The van der Waals surface area contributed by atoms with E-state index in [0.29, 0.717) is 11.7 Å². The zero-order valence-corrected chi connectivity index (χ0v) is 11.6. The van der Waals surface area contributed by atoms with E-state index in [2.05, 4.69) is 45.0 Å². The molecule has 2 aliphatic rings. The minimum Gasteiger partial charge on any atom is -0.299 e. The second-order valence-corrected chi connectivity index (χ2v) is 6.86. The summed E-state index contributed by atoms with van der Waals surface area (Å²) in [5.74, 6) is 1.35. The van der Waals surface area contributed by atoms with Gasteiger partial charge in [0.25, 0.3) is 0 Å². The number of carbonyl (C=O) groups excluding carboxylic acids is 1. The van der Waals surface area contributed by atoms with Gasteiger partial charge >= 0.3 is 0 Å². The van der Waals surface area contributed by atoms with Crippen LogP contribution in [0.2, 0.25) is 0 Å². The van der Waals surface area contributed by atoms with Gasteiger partial charge in [0.2, 0.25) is 0 Å². The second kappa shape index (κ2) is 3.69. The Morgan fingerprint density at radius 3 is 2.39 bits per heavy atom. The van der Waals surface area contributed by atoms with Gasteiger partial charge in [-0.05, 0) is 36.2 Å². The maximum atomic E-state index is 12.7. The first-order valence-electron chi connectivity index (χ1n) is 7.05. The molecule has 3 atom stereocenters. The molecule has 3 rings (SSSR count). The molecule has 2 bridgehead atoms. The van der Waals surface area contributed by atoms with Gasteiger partial charge in [0, 0.05) is 11.3 Å². The second-order valence-electron chi connectivity index (χ2n) is 6.86. The lowest BCUT2D eigenvalue weighted by atomic mass is 9.70. The third-order valence-corrected chi connectivity index (χ3v) is 5.97. The SMILES string of the molecule is CC12CCC(C(Cc3ccccc3)C1=O)C2(C)C. The molecule has 0 N–H and O–H groups in total. The van der Waals surface area contributed by atoms with E-state index in [1.54, 1.807) is 0 Å². The molecule has 2 aliphatic carbocycles. The lowest BCUT2D eigenvalue weighted by Gasteiger charge is -2.32. The molecule has 0 radical (unpaired) electrons. The Morgan fingerprint density at radius 2 is 1.83 bits per heavy atom. The van der Waals surface area contributed by atoms with Crippen molar-refractivity contribution in [1.29, 1.82) is 0 Å². The van der Waals surface area contributed by atoms with Gasteiger partial charge in [-0.1, -0.05) is 51.1 Å². The van der Waals surface area contributed by atoms with Crippen LogP contribution in [0.15, 0.2) is 30.3 Å². The summed E-state index contributed by atoms with van der Waals surface area (Å²) in [6.07, 6.45) is 3.25. The average molecular weight is 242 g/mol. The average Bonchev–Trinajstić information content (AvgIpc) is 2.65. The van der Waals surface area contributed by atoms with Gasteiger partial charge in [-0.15, -0.1) is 0 Å². The van der Waals surface area contributed by atoms with Gasteiger partial charge in [-0.2, -0.15) is 0 Å². The van der Waals surface area contributed by atoms with Gasteiger partial charge in [-0.3, -0.25) is 4.79 Å². The summed E-state index contributed by atoms with van der Waals surface area (Å²) in [4.78, 5) is 12.7. The molecule has 0 aliphatic heterocycles. The van der Waals surface area contributed by atoms with Crippen molar-refractivity contribution < 1.29 is 4.79 Å². The van der Waals surface area contributed by atoms with Gasteiger partial charge in [0.15, 0.2) is 0 Å². The van der Waals surface area contributed by atoms with Crippen LogP contribution in [0.5, 0.6) is 0 Å². The quantitative estimate of drug-likeness (QED) is 0.769. The zero-order valence-electron chi connectivity index (χ0n) is 11.6. The molecule has 18 heavy (non-hydrogen) atoms. The Hall–Kier alpha value is -1.11. The molecule has 96 valence electrons. The number of fused-ring (bicyclic) bond motifs is 2. The standard InChI is InChI=1S/C17H22O/c1-16(2)14-9-10-17(16,3)15(18)13(14)11-12-7-5-4-6-8-12/h4-8,13-14H,9-11H2,1-3H3. The minimum atomic E-state index is -0.0723. The highest BCUT2D eigenvalue weighted by Gasteiger charge is 2.65. The fourth-order valence-corrected chi connectivity index (χ4v) is 4.38. The van der Waals surface area contributed by atoms with Crippen LogP contribution in [0.4, 0.5) is 0 Å². The van der Waals surface area contributed by atoms with Crippen molar-refractivity contribution in [2.45, 2.75) is 40.0 Å². The van der Waals surface area contributed by atoms with Crippen LogP contribution in [0.25, 0.3) is 0 Å². The first-order chi connectivity index (χ1) is 8.47. The summed E-state index contributed by atoms with van der Waals surface area (Å²) in [5, 5.41) is 0. The Kier molecular flexibility index (Phi) is 2.45. The molecule has 0 heterocycles. The molecular formula is C17H22O. The van der Waals surface area contributed by atoms with E-state index in [0.717, 1.165) is 12.8 Å². The third kappa shape index (κ3) is 1.36. The van der Waals surface area contributed by atoms with Crippen molar-refractivity contribution in [3.63, 3.8) is 0 Å². The lowest BCUT2D eigenvalue weighted by Crippen LogP contribution is -2.33. The highest BCUT2D eigenvalue weighted by molar-refractivity contribution is 5.91. The fourth-order valence-electron chi connectivity index (χ4n) is 4.38. The minimum absolute atomic E-state index is 0.0723. The van der Waals surface area contributed by atoms with E-state index in [1.807, 2.05) is 6.07 Å². The van der Waals surface area contributed by atoms with Crippen molar-refractivity contribution >= 4 is 5.78 Å². The van der Waals surface area contributed by atoms with E-state index in [4.69, 9.17) is 0 Å². The summed E-state index contributed by atoms with van der Waals surface area (Å²) in [6, 6.07) is 10.5. The van der Waals surface area contributed by atoms with Crippen LogP contribution in [0.3, 0.4) is 0 Å². The van der Waals surface area contributed by atoms with E-state index in [9.17, 15) is 4.79 Å². The summed E-state index contributed by atoms with van der Waals surface area (Å²) in [6.45, 7) is 6.79. The van der Waals surface area contributed by atoms with Crippen molar-refractivity contribution in [2.75, 3.05) is 0 Å². The molecular weight excluding hydrogens is 220 g/mol. The van der Waals surface area contributed by atoms with Gasteiger partial charge in [-0.25, -0.2) is 0 Å². The molecule has 0 saturated heterocycles. The van der Waals surface area contributed by atoms with Crippen LogP contribution in [0, 0.1) is 22.7 Å². The summed E-state index contributed by atoms with van der Waals surface area (Å²) < 4.78 is 0. The Bertz CT molecular complexity index is 474. The highest BCUT2D eigenvalue weighted by Crippen LogP contribution is 2.66. The van der Waals surface area contributed by atoms with Crippen LogP contribution >= 0.6 is 0 Å². The number of carbonyl (C=O) groups is 1. The summed E-state index contributed by atoms with van der Waals surface area (Å²) >= 11 is 0. The summed E-state index contributed by atoms with van der Waals surface area (Å²) in [5.41, 5.74) is 1.42. The van der Waals surface area contributed by atoms with E-state index in [-0.39, 0.29) is 16.7 Å². The molecule has 0 aromatic heterocycles. The zero-order chi connectivity index (χ0) is 13.0. The fraction of sp³-hybridized carbons (Fsp3) is 0.588. The smallest absolute Gasteiger partial charge is 0.142 e. The van der Waals surface area contributed by atoms with Crippen LogP contribution in [0.1, 0.15) is 39.2 Å². The summed E-state index contributed by atoms with van der Waals surface area (Å²) in [7, 11) is 0. The highest BCUT2D eigenvalue weighted by atomic mass is 16.1. The number of hydrogen-bond donors (Lipinski definition) is 0. The molecule has 1 heteroatoms. The first kappa shape index (κ1) is 12.0. The van der Waals surface area contributed by atoms with E-state index < -0.39 is 0 Å². The lowest BCUT2D eigenvalue weighted by molar-refractivity contribution is -0.131. The van der Waals surface area contributed by atoms with E-state index >= 15 is 0 Å². The molecule has 1 aromatic carbocycles. The van der Waals surface area contributed by atoms with Crippen molar-refractivity contribution in [3.8, 4) is 0 Å². The first-order valence-corrected chi connectivity index (χ1v) is 7.05. The van der Waals surface area contributed by atoms with Crippen molar-refractivity contribution in [3.05, 3.63) is 35.9 Å². The topological polar surface area (TPSA) is 17.1 Å². The molecule has 0 spiro atoms. The number of ketones is 1. The van der Waals surface area contributed by atoms with Gasteiger partial charge in [0.1, 0.15) is 5.78 Å². The molecule has 1 nitrogen and oxygen atoms in total. The number of hydrogen-bond acceptors (Lipinski definition) is 1. The largest absolute Gasteiger partial charge is 0.299 e. The number of Topliss-reactive ketones (excluding diaryl/α,β-unsaturated/α-hetero) is 1. The van der Waals surface area contributed by atoms with Crippen LogP contribution < -0.4 is 0 Å². The Balaban J connectivity index is 1.90. The van der Waals surface area contributed by atoms with Gasteiger partial charge in [0.05, 0.1) is 0 Å². The van der Waals surface area contributed by atoms with Crippen LogP contribution in [-0.2, 0) is 11.2 Å². The van der Waals surface area contributed by atoms with E-state index in [1.165, 1.54) is 12.0 Å². The monoisotopic (exact) mass is 242 g/mol. The molecule has 2 fully saturated rings. The third-order valence-electron chi connectivity index (χ3n) is 5.97. The van der Waals surface area contributed by atoms with Gasteiger partial charge < -0.3 is 0 Å².